The van der Waals surface area contributed by atoms with E-state index in [9.17, 15) is 0 Å². The molecule has 0 saturated heterocycles. The zero-order valence-electron chi connectivity index (χ0n) is 12.5. The molecule has 1 aromatic rings. The first-order valence-electron chi connectivity index (χ1n) is 6.65. The van der Waals surface area contributed by atoms with Gasteiger partial charge in [-0.1, -0.05) is 32.9 Å². The van der Waals surface area contributed by atoms with E-state index < -0.39 is 10.3 Å². The SMILES string of the molecule is CC(C)(C)S(C)(C)OCC1COc2ccccc2N1.[HH]. The number of fused-ring (bicyclic) bond motifs is 1. The molecular weight excluding hydrogens is 258 g/mol. The lowest BCUT2D eigenvalue weighted by Gasteiger charge is -2.44. The van der Waals surface area contributed by atoms with Gasteiger partial charge in [0.05, 0.1) is 18.3 Å². The Kier molecular flexibility index (Phi) is 4.02. The lowest BCUT2D eigenvalue weighted by atomic mass is 10.2. The predicted molar refractivity (Wildman–Crippen MR) is 86.6 cm³/mol. The van der Waals surface area contributed by atoms with Crippen LogP contribution in [0.5, 0.6) is 5.75 Å². The van der Waals surface area contributed by atoms with Crippen molar-refractivity contribution in [3.63, 3.8) is 0 Å². The Hall–Kier alpha value is -0.870. The van der Waals surface area contributed by atoms with Gasteiger partial charge in [0.25, 0.3) is 0 Å². The second-order valence-electron chi connectivity index (χ2n) is 6.28. The number of ether oxygens (including phenoxy) is 1. The molecule has 3 nitrogen and oxygen atoms in total. The van der Waals surface area contributed by atoms with Crippen molar-refractivity contribution in [2.24, 2.45) is 0 Å². The Morgan fingerprint density at radius 3 is 2.74 bits per heavy atom. The van der Waals surface area contributed by atoms with Crippen molar-refractivity contribution in [3.8, 4) is 5.75 Å². The van der Waals surface area contributed by atoms with Crippen molar-refractivity contribution in [2.45, 2.75) is 31.6 Å². The zero-order valence-corrected chi connectivity index (χ0v) is 13.3. The van der Waals surface area contributed by atoms with Gasteiger partial charge in [-0.3, -0.25) is 0 Å². The summed E-state index contributed by atoms with van der Waals surface area (Å²) in [4.78, 5) is 0. The Morgan fingerprint density at radius 1 is 1.37 bits per heavy atom. The summed E-state index contributed by atoms with van der Waals surface area (Å²) < 4.78 is 12.1. The molecule has 0 spiro atoms. The van der Waals surface area contributed by atoms with Gasteiger partial charge in [0.15, 0.2) is 0 Å². The molecule has 1 N–H and O–H groups in total. The first-order valence-corrected chi connectivity index (χ1v) is 9.03. The number of hydrogen-bond acceptors (Lipinski definition) is 3. The van der Waals surface area contributed by atoms with Gasteiger partial charge in [0.2, 0.25) is 0 Å². The molecule has 0 aromatic heterocycles. The van der Waals surface area contributed by atoms with Crippen molar-refractivity contribution < 1.29 is 10.3 Å². The third-order valence-corrected chi connectivity index (χ3v) is 7.40. The minimum atomic E-state index is -1.07. The average molecular weight is 285 g/mol. The molecule has 1 heterocycles. The molecule has 1 atom stereocenters. The van der Waals surface area contributed by atoms with Crippen LogP contribution in [0.1, 0.15) is 22.2 Å². The van der Waals surface area contributed by atoms with Crippen LogP contribution in [0.2, 0.25) is 0 Å². The molecule has 1 aliphatic rings. The van der Waals surface area contributed by atoms with Crippen LogP contribution in [0, 0.1) is 0 Å². The van der Waals surface area contributed by atoms with Gasteiger partial charge in [0.1, 0.15) is 12.4 Å². The monoisotopic (exact) mass is 285 g/mol. The van der Waals surface area contributed by atoms with Crippen LogP contribution in [0.4, 0.5) is 5.69 Å². The van der Waals surface area contributed by atoms with Gasteiger partial charge >= 0.3 is 0 Å². The topological polar surface area (TPSA) is 30.5 Å². The van der Waals surface area contributed by atoms with Gasteiger partial charge in [-0.25, -0.2) is 0 Å². The van der Waals surface area contributed by atoms with E-state index >= 15 is 0 Å². The molecule has 110 valence electrons. The highest BCUT2D eigenvalue weighted by atomic mass is 32.3. The first kappa shape index (κ1) is 14.5. The van der Waals surface area contributed by atoms with Crippen molar-refractivity contribution in [1.29, 1.82) is 0 Å². The lowest BCUT2D eigenvalue weighted by Crippen LogP contribution is -2.37. The Morgan fingerprint density at radius 2 is 2.05 bits per heavy atom. The third kappa shape index (κ3) is 3.37. The quantitative estimate of drug-likeness (QED) is 0.913. The summed E-state index contributed by atoms with van der Waals surface area (Å²) in [6.45, 7) is 8.07. The van der Waals surface area contributed by atoms with Gasteiger partial charge in [-0.05, 0) is 24.6 Å². The maximum atomic E-state index is 6.19. The van der Waals surface area contributed by atoms with Crippen LogP contribution in [0.15, 0.2) is 24.3 Å². The van der Waals surface area contributed by atoms with Crippen LogP contribution >= 0.6 is 10.3 Å². The normalized spacial score (nSPS) is 20.2. The fourth-order valence-electron chi connectivity index (χ4n) is 1.68. The van der Waals surface area contributed by atoms with E-state index in [4.69, 9.17) is 8.92 Å². The van der Waals surface area contributed by atoms with Crippen LogP contribution in [-0.4, -0.2) is 36.5 Å². The molecule has 0 radical (unpaired) electrons. The fraction of sp³-hybridized carbons (Fsp3) is 0.600. The maximum absolute atomic E-state index is 6.19. The van der Waals surface area contributed by atoms with Crippen molar-refractivity contribution >= 4 is 16.0 Å². The summed E-state index contributed by atoms with van der Waals surface area (Å²) >= 11 is 0. The highest BCUT2D eigenvalue weighted by Gasteiger charge is 2.30. The fourth-order valence-corrected chi connectivity index (χ4v) is 2.54. The van der Waals surface area contributed by atoms with Crippen LogP contribution in [0.25, 0.3) is 0 Å². The van der Waals surface area contributed by atoms with Crippen molar-refractivity contribution in [3.05, 3.63) is 24.3 Å². The van der Waals surface area contributed by atoms with Gasteiger partial charge in [0, 0.05) is 6.17 Å². The number of nitrogens with one attached hydrogen (secondary N) is 1. The average Bonchev–Trinajstić information content (AvgIpc) is 2.35. The summed E-state index contributed by atoms with van der Waals surface area (Å²) in [6, 6.07) is 8.27. The molecule has 0 aliphatic carbocycles. The van der Waals surface area contributed by atoms with Gasteiger partial charge in [-0.15, -0.1) is 10.3 Å². The summed E-state index contributed by atoms with van der Waals surface area (Å²) in [5.74, 6) is 0.932. The van der Waals surface area contributed by atoms with Crippen molar-refractivity contribution in [2.75, 3.05) is 31.0 Å². The number of benzene rings is 1. The van der Waals surface area contributed by atoms with E-state index in [0.717, 1.165) is 11.4 Å². The molecule has 1 aliphatic heterocycles. The van der Waals surface area contributed by atoms with Gasteiger partial charge < -0.3 is 14.2 Å². The second-order valence-corrected chi connectivity index (χ2v) is 10.2. The third-order valence-electron chi connectivity index (χ3n) is 3.73. The second kappa shape index (κ2) is 5.25. The highest BCUT2D eigenvalue weighted by Crippen LogP contribution is 2.53. The standard InChI is InChI=1S/C15H25NO2S.H2/c1-15(2,3)19(4,5)18-11-12-10-17-14-9-7-6-8-13(14)16-12;/h6-9,12,16H,10-11H2,1-5H3;1H. The summed E-state index contributed by atoms with van der Waals surface area (Å²) in [5, 5.41) is 3.48. The van der Waals surface area contributed by atoms with E-state index in [0.29, 0.717) is 13.2 Å². The van der Waals surface area contributed by atoms with E-state index in [-0.39, 0.29) is 12.2 Å². The number of para-hydroxylation sites is 2. The molecule has 0 bridgehead atoms. The van der Waals surface area contributed by atoms with Gasteiger partial charge in [-0.2, -0.15) is 0 Å². The Balaban J connectivity index is 0.00000200. The van der Waals surface area contributed by atoms with Crippen LogP contribution in [0.3, 0.4) is 0 Å². The molecule has 0 amide bonds. The van der Waals surface area contributed by atoms with E-state index in [1.807, 2.05) is 24.3 Å². The van der Waals surface area contributed by atoms with E-state index in [1.165, 1.54) is 0 Å². The highest BCUT2D eigenvalue weighted by molar-refractivity contribution is 8.29. The minimum absolute atomic E-state index is 0. The van der Waals surface area contributed by atoms with Crippen LogP contribution in [-0.2, 0) is 4.18 Å². The van der Waals surface area contributed by atoms with Crippen LogP contribution < -0.4 is 10.1 Å². The Labute approximate surface area is 119 Å². The zero-order chi connectivity index (χ0) is 14.1. The molecule has 2 rings (SSSR count). The molecule has 19 heavy (non-hydrogen) atoms. The number of anilines is 1. The summed E-state index contributed by atoms with van der Waals surface area (Å²) in [6.07, 6.45) is 4.45. The number of hydrogen-bond donors (Lipinski definition) is 1. The molecule has 0 saturated carbocycles. The maximum Gasteiger partial charge on any atom is 0.142 e. The molecule has 4 heteroatoms. The molecule has 1 unspecified atom stereocenters. The van der Waals surface area contributed by atoms with Crippen molar-refractivity contribution in [1.82, 2.24) is 0 Å². The largest absolute Gasteiger partial charge is 0.489 e. The molecular formula is C15H27NO2S. The first-order chi connectivity index (χ1) is 8.79. The molecule has 1 aromatic carbocycles. The predicted octanol–water partition coefficient (Wildman–Crippen LogP) is 3.90. The van der Waals surface area contributed by atoms with E-state index in [2.05, 4.69) is 38.6 Å². The minimum Gasteiger partial charge on any atom is -0.489 e. The number of rotatable bonds is 3. The summed E-state index contributed by atoms with van der Waals surface area (Å²) in [7, 11) is -1.07. The molecule has 0 fully saturated rings. The lowest BCUT2D eigenvalue weighted by molar-refractivity contribution is 0.231. The summed E-state index contributed by atoms with van der Waals surface area (Å²) in [5.41, 5.74) is 1.06. The Bertz CT molecular complexity index is 446. The smallest absolute Gasteiger partial charge is 0.142 e. The van der Waals surface area contributed by atoms with E-state index in [1.54, 1.807) is 0 Å².